The van der Waals surface area contributed by atoms with E-state index in [0.29, 0.717) is 15.7 Å². The summed E-state index contributed by atoms with van der Waals surface area (Å²) in [5.74, 6) is -2.09. The molecule has 0 spiro atoms. The quantitative estimate of drug-likeness (QED) is 0.596. The number of carbonyl (C=O) groups excluding carboxylic acids is 3. The van der Waals surface area contributed by atoms with Crippen LogP contribution in [0.15, 0.2) is 42.5 Å². The molecule has 0 saturated heterocycles. The minimum Gasteiger partial charge on any atom is -0.454 e. The number of halogens is 3. The summed E-state index contributed by atoms with van der Waals surface area (Å²) in [4.78, 5) is 36.9. The van der Waals surface area contributed by atoms with Gasteiger partial charge < -0.3 is 15.4 Å². The van der Waals surface area contributed by atoms with Gasteiger partial charge in [0.05, 0.1) is 10.6 Å². The Bertz CT molecular complexity index is 898. The van der Waals surface area contributed by atoms with E-state index in [1.165, 1.54) is 18.2 Å². The van der Waals surface area contributed by atoms with E-state index in [4.69, 9.17) is 39.5 Å². The van der Waals surface area contributed by atoms with Crippen LogP contribution >= 0.6 is 34.8 Å². The van der Waals surface area contributed by atoms with Crippen molar-refractivity contribution in [2.24, 2.45) is 5.92 Å². The number of benzene rings is 2. The number of ether oxygens (including phenoxy) is 1. The van der Waals surface area contributed by atoms with E-state index in [9.17, 15) is 14.4 Å². The normalized spacial score (nSPS) is 11.7. The summed E-state index contributed by atoms with van der Waals surface area (Å²) >= 11 is 17.8. The smallest absolute Gasteiger partial charge is 0.329 e. The largest absolute Gasteiger partial charge is 0.454 e. The maximum Gasteiger partial charge on any atom is 0.329 e. The number of hydrogen-bond donors (Lipinski definition) is 2. The molecule has 2 N–H and O–H groups in total. The average molecular weight is 458 g/mol. The molecule has 6 nitrogen and oxygen atoms in total. The molecule has 9 heteroatoms. The Hall–Kier alpha value is -2.28. The van der Waals surface area contributed by atoms with Crippen LogP contribution in [-0.2, 0) is 14.3 Å². The first-order valence-electron chi connectivity index (χ1n) is 8.65. The molecule has 0 radical (unpaired) electrons. The lowest BCUT2D eigenvalue weighted by Gasteiger charge is -2.21. The lowest BCUT2D eigenvalue weighted by molar-refractivity contribution is -0.150. The predicted octanol–water partition coefficient (Wildman–Crippen LogP) is 4.58. The summed E-state index contributed by atoms with van der Waals surface area (Å²) in [6, 6.07) is 10.1. The van der Waals surface area contributed by atoms with Gasteiger partial charge in [0.25, 0.3) is 11.8 Å². The van der Waals surface area contributed by atoms with Crippen molar-refractivity contribution in [1.29, 1.82) is 0 Å². The summed E-state index contributed by atoms with van der Waals surface area (Å²) in [6.45, 7) is 2.95. The van der Waals surface area contributed by atoms with E-state index in [1.54, 1.807) is 38.1 Å². The summed E-state index contributed by atoms with van der Waals surface area (Å²) in [5.41, 5.74) is 0.610. The maximum atomic E-state index is 12.4. The lowest BCUT2D eigenvalue weighted by Crippen LogP contribution is -2.46. The Morgan fingerprint density at radius 2 is 1.62 bits per heavy atom. The Morgan fingerprint density at radius 1 is 1.00 bits per heavy atom. The number of hydrogen-bond acceptors (Lipinski definition) is 4. The molecular weight excluding hydrogens is 439 g/mol. The molecule has 154 valence electrons. The van der Waals surface area contributed by atoms with Crippen LogP contribution in [0.3, 0.4) is 0 Å². The monoisotopic (exact) mass is 456 g/mol. The van der Waals surface area contributed by atoms with Crippen molar-refractivity contribution >= 4 is 58.3 Å². The van der Waals surface area contributed by atoms with Crippen LogP contribution in [0.4, 0.5) is 5.69 Å². The third kappa shape index (κ3) is 6.92. The van der Waals surface area contributed by atoms with Gasteiger partial charge in [0.15, 0.2) is 6.61 Å². The van der Waals surface area contributed by atoms with Gasteiger partial charge in [-0.25, -0.2) is 4.79 Å². The van der Waals surface area contributed by atoms with Gasteiger partial charge in [-0.3, -0.25) is 9.59 Å². The highest BCUT2D eigenvalue weighted by atomic mass is 35.5. The van der Waals surface area contributed by atoms with Crippen LogP contribution in [0, 0.1) is 5.92 Å². The van der Waals surface area contributed by atoms with E-state index < -0.39 is 30.4 Å². The summed E-state index contributed by atoms with van der Waals surface area (Å²) in [7, 11) is 0. The Balaban J connectivity index is 1.96. The van der Waals surface area contributed by atoms with E-state index in [0.717, 1.165) is 0 Å². The van der Waals surface area contributed by atoms with Gasteiger partial charge in [0.2, 0.25) is 0 Å². The second-order valence-corrected chi connectivity index (χ2v) is 7.77. The summed E-state index contributed by atoms with van der Waals surface area (Å²) in [5, 5.41) is 6.10. The molecular formula is C20H19Cl3N2O4. The van der Waals surface area contributed by atoms with E-state index in [2.05, 4.69) is 10.6 Å². The van der Waals surface area contributed by atoms with Crippen LogP contribution in [0.1, 0.15) is 24.2 Å². The van der Waals surface area contributed by atoms with Crippen molar-refractivity contribution in [3.63, 3.8) is 0 Å². The maximum absolute atomic E-state index is 12.4. The lowest BCUT2D eigenvalue weighted by atomic mass is 10.0. The zero-order valence-electron chi connectivity index (χ0n) is 15.7. The highest BCUT2D eigenvalue weighted by Gasteiger charge is 2.27. The van der Waals surface area contributed by atoms with Gasteiger partial charge in [0, 0.05) is 15.7 Å². The fourth-order valence-corrected chi connectivity index (χ4v) is 3.16. The van der Waals surface area contributed by atoms with Gasteiger partial charge in [-0.1, -0.05) is 60.8 Å². The average Bonchev–Trinajstić information content (AvgIpc) is 2.63. The van der Waals surface area contributed by atoms with Gasteiger partial charge in [-0.2, -0.15) is 0 Å². The third-order valence-corrected chi connectivity index (χ3v) is 4.58. The zero-order valence-corrected chi connectivity index (χ0v) is 17.9. The number of carbonyl (C=O) groups is 3. The van der Waals surface area contributed by atoms with Crippen LogP contribution in [0.2, 0.25) is 15.1 Å². The molecule has 0 saturated carbocycles. The van der Waals surface area contributed by atoms with Crippen molar-refractivity contribution in [2.45, 2.75) is 19.9 Å². The van der Waals surface area contributed by atoms with Crippen LogP contribution in [0.5, 0.6) is 0 Å². The van der Waals surface area contributed by atoms with Crippen molar-refractivity contribution in [2.75, 3.05) is 11.9 Å². The molecule has 0 unspecified atom stereocenters. The second-order valence-electron chi connectivity index (χ2n) is 6.49. The molecule has 0 bridgehead atoms. The predicted molar refractivity (Wildman–Crippen MR) is 114 cm³/mol. The Kier molecular flexibility index (Phi) is 8.32. The molecule has 0 fully saturated rings. The van der Waals surface area contributed by atoms with Gasteiger partial charge >= 0.3 is 5.97 Å². The first-order chi connectivity index (χ1) is 13.7. The molecule has 0 aliphatic heterocycles. The van der Waals surface area contributed by atoms with Crippen molar-refractivity contribution in [3.05, 3.63) is 63.1 Å². The number of esters is 1. The molecule has 0 aromatic heterocycles. The van der Waals surface area contributed by atoms with Crippen molar-refractivity contribution < 1.29 is 19.1 Å². The highest BCUT2D eigenvalue weighted by Crippen LogP contribution is 2.22. The minimum absolute atomic E-state index is 0.239. The second kappa shape index (κ2) is 10.5. The first-order valence-corrected chi connectivity index (χ1v) is 9.78. The molecule has 1 atom stereocenters. The van der Waals surface area contributed by atoms with Crippen molar-refractivity contribution in [3.8, 4) is 0 Å². The van der Waals surface area contributed by atoms with Crippen LogP contribution < -0.4 is 10.6 Å². The minimum atomic E-state index is -0.952. The van der Waals surface area contributed by atoms with Crippen LogP contribution in [-0.4, -0.2) is 30.4 Å². The first kappa shape index (κ1) is 23.0. The number of anilines is 1. The standard InChI is InChI=1S/C20H19Cl3N2O4/c1-11(2)18(25-19(27)15-5-3-4-6-16(15)23)20(28)29-10-17(26)24-14-8-12(21)7-13(22)9-14/h3-9,11,18H,10H2,1-2H3,(H,24,26)(H,25,27)/t18-/m0/s1. The molecule has 0 aliphatic carbocycles. The van der Waals surface area contributed by atoms with Gasteiger partial charge in [0.1, 0.15) is 6.04 Å². The number of amides is 2. The summed E-state index contributed by atoms with van der Waals surface area (Å²) < 4.78 is 5.06. The molecule has 2 rings (SSSR count). The molecule has 2 aromatic rings. The molecule has 29 heavy (non-hydrogen) atoms. The fraction of sp³-hybridized carbons (Fsp3) is 0.250. The van der Waals surface area contributed by atoms with Crippen LogP contribution in [0.25, 0.3) is 0 Å². The van der Waals surface area contributed by atoms with E-state index in [-0.39, 0.29) is 16.5 Å². The van der Waals surface area contributed by atoms with Crippen molar-refractivity contribution in [1.82, 2.24) is 5.32 Å². The fourth-order valence-electron chi connectivity index (χ4n) is 2.41. The Morgan fingerprint density at radius 3 is 2.21 bits per heavy atom. The molecule has 2 amide bonds. The van der Waals surface area contributed by atoms with E-state index >= 15 is 0 Å². The summed E-state index contributed by atoms with van der Waals surface area (Å²) in [6.07, 6.45) is 0. The molecule has 0 heterocycles. The van der Waals surface area contributed by atoms with Gasteiger partial charge in [-0.15, -0.1) is 0 Å². The zero-order chi connectivity index (χ0) is 21.6. The Labute approximate surface area is 183 Å². The van der Waals surface area contributed by atoms with E-state index in [1.807, 2.05) is 0 Å². The third-order valence-electron chi connectivity index (χ3n) is 3.82. The number of rotatable bonds is 7. The molecule has 0 aliphatic rings. The highest BCUT2D eigenvalue weighted by molar-refractivity contribution is 6.35. The number of nitrogens with one attached hydrogen (secondary N) is 2. The molecule has 2 aromatic carbocycles. The SMILES string of the molecule is CC(C)[C@H](NC(=O)c1ccccc1Cl)C(=O)OCC(=O)Nc1cc(Cl)cc(Cl)c1. The van der Waals surface area contributed by atoms with Gasteiger partial charge in [-0.05, 0) is 36.2 Å². The topological polar surface area (TPSA) is 84.5 Å².